The van der Waals surface area contributed by atoms with Gasteiger partial charge in [0.25, 0.3) is 0 Å². The molecule has 19 heavy (non-hydrogen) atoms. The van der Waals surface area contributed by atoms with Gasteiger partial charge in [0, 0.05) is 6.04 Å². The van der Waals surface area contributed by atoms with Gasteiger partial charge in [-0.2, -0.15) is 0 Å². The van der Waals surface area contributed by atoms with Crippen molar-refractivity contribution in [3.63, 3.8) is 0 Å². The van der Waals surface area contributed by atoms with Crippen molar-refractivity contribution in [3.05, 3.63) is 0 Å². The van der Waals surface area contributed by atoms with Crippen LogP contribution in [0.4, 0.5) is 0 Å². The number of hydrazine groups is 1. The predicted octanol–water partition coefficient (Wildman–Crippen LogP) is 0.395. The number of nitrogens with two attached hydrogens (primary N) is 1. The van der Waals surface area contributed by atoms with Crippen LogP contribution in [0.25, 0.3) is 0 Å². The van der Waals surface area contributed by atoms with E-state index in [0.29, 0.717) is 18.0 Å². The zero-order valence-corrected chi connectivity index (χ0v) is 11.6. The number of nitrogens with zero attached hydrogens (tertiary/aromatic N) is 1. The minimum absolute atomic E-state index is 0.00842. The molecule has 6 nitrogen and oxygen atoms in total. The highest BCUT2D eigenvalue weighted by atomic mass is 16.2. The lowest BCUT2D eigenvalue weighted by atomic mass is 9.96. The lowest BCUT2D eigenvalue weighted by molar-refractivity contribution is -0.122. The highest BCUT2D eigenvalue weighted by Crippen LogP contribution is 2.20. The number of nitrogens with one attached hydrogen (secondary N) is 3. The van der Waals surface area contributed by atoms with Gasteiger partial charge in [0.2, 0.25) is 11.9 Å². The number of hydrogen-bond acceptors (Lipinski definition) is 3. The van der Waals surface area contributed by atoms with E-state index >= 15 is 0 Å². The van der Waals surface area contributed by atoms with Gasteiger partial charge >= 0.3 is 0 Å². The number of amides is 1. The Morgan fingerprint density at radius 2 is 1.89 bits per heavy atom. The van der Waals surface area contributed by atoms with E-state index in [4.69, 9.17) is 5.84 Å². The van der Waals surface area contributed by atoms with Crippen molar-refractivity contribution in [2.45, 2.75) is 70.0 Å². The molecule has 2 fully saturated rings. The second kappa shape index (κ2) is 6.75. The Hall–Kier alpha value is -1.30. The predicted molar refractivity (Wildman–Crippen MR) is 75.4 cm³/mol. The van der Waals surface area contributed by atoms with Crippen molar-refractivity contribution < 1.29 is 4.79 Å². The number of aliphatic imine (C=N–C) groups is 1. The maximum atomic E-state index is 11.8. The standard InChI is InChI=1S/C13H25N5O/c1-9(12(19)16-11-7-8-11)15-13(18-14)17-10-5-3-2-4-6-10/h9-11H,2-8,14H2,1H3,(H,16,19)(H2,15,17,18). The molecule has 0 aromatic rings. The van der Waals surface area contributed by atoms with Gasteiger partial charge in [0.15, 0.2) is 0 Å². The normalized spacial score (nSPS) is 22.7. The monoisotopic (exact) mass is 267 g/mol. The molecule has 6 heteroatoms. The number of carbonyl (C=O) groups is 1. The summed E-state index contributed by atoms with van der Waals surface area (Å²) in [5.41, 5.74) is 2.56. The molecule has 0 radical (unpaired) electrons. The molecule has 0 bridgehead atoms. The Morgan fingerprint density at radius 3 is 2.47 bits per heavy atom. The molecule has 5 N–H and O–H groups in total. The molecule has 1 atom stereocenters. The third-order valence-electron chi connectivity index (χ3n) is 3.69. The lowest BCUT2D eigenvalue weighted by Crippen LogP contribution is -2.51. The van der Waals surface area contributed by atoms with Crippen LogP contribution in [0.2, 0.25) is 0 Å². The first-order valence-electron chi connectivity index (χ1n) is 7.30. The number of hydrogen-bond donors (Lipinski definition) is 4. The summed E-state index contributed by atoms with van der Waals surface area (Å²) >= 11 is 0. The van der Waals surface area contributed by atoms with E-state index in [1.807, 2.05) is 6.92 Å². The summed E-state index contributed by atoms with van der Waals surface area (Å²) in [7, 11) is 0. The van der Waals surface area contributed by atoms with Crippen LogP contribution in [0.3, 0.4) is 0 Å². The minimum atomic E-state index is -0.320. The Balaban J connectivity index is 1.82. The molecule has 1 amide bonds. The number of guanidine groups is 1. The average Bonchev–Trinajstić information content (AvgIpc) is 3.23. The minimum Gasteiger partial charge on any atom is -0.352 e. The van der Waals surface area contributed by atoms with Crippen LogP contribution in [0.5, 0.6) is 0 Å². The van der Waals surface area contributed by atoms with Gasteiger partial charge < -0.3 is 10.6 Å². The lowest BCUT2D eigenvalue weighted by Gasteiger charge is -2.21. The Bertz CT molecular complexity index is 334. The molecule has 0 heterocycles. The van der Waals surface area contributed by atoms with Crippen LogP contribution in [0.15, 0.2) is 4.99 Å². The third kappa shape index (κ3) is 4.70. The van der Waals surface area contributed by atoms with Gasteiger partial charge in [-0.15, -0.1) is 0 Å². The van der Waals surface area contributed by atoms with E-state index in [1.165, 1.54) is 19.3 Å². The van der Waals surface area contributed by atoms with Crippen molar-refractivity contribution in [1.29, 1.82) is 0 Å². The molecule has 0 aromatic carbocycles. The van der Waals surface area contributed by atoms with Gasteiger partial charge in [-0.1, -0.05) is 19.3 Å². The highest BCUT2D eigenvalue weighted by Gasteiger charge is 2.26. The summed E-state index contributed by atoms with van der Waals surface area (Å²) in [6, 6.07) is 0.381. The fourth-order valence-electron chi connectivity index (χ4n) is 2.33. The van der Waals surface area contributed by atoms with Crippen molar-refractivity contribution in [3.8, 4) is 0 Å². The molecule has 108 valence electrons. The van der Waals surface area contributed by atoms with Crippen LogP contribution < -0.4 is 21.9 Å². The maximum absolute atomic E-state index is 11.8. The first-order chi connectivity index (χ1) is 9.19. The van der Waals surface area contributed by atoms with E-state index in [1.54, 1.807) is 0 Å². The zero-order chi connectivity index (χ0) is 13.7. The maximum Gasteiger partial charge on any atom is 0.242 e. The summed E-state index contributed by atoms with van der Waals surface area (Å²) in [6.45, 7) is 1.82. The second-order valence-corrected chi connectivity index (χ2v) is 5.56. The topological polar surface area (TPSA) is 91.5 Å². The van der Waals surface area contributed by atoms with E-state index < -0.39 is 0 Å². The van der Waals surface area contributed by atoms with Gasteiger partial charge in [0.05, 0.1) is 6.04 Å². The molecule has 0 saturated heterocycles. The summed E-state index contributed by atoms with van der Waals surface area (Å²) in [6.07, 6.45) is 8.15. The average molecular weight is 267 g/mol. The zero-order valence-electron chi connectivity index (χ0n) is 11.6. The number of carbonyl (C=O) groups excluding carboxylic acids is 1. The quantitative estimate of drug-likeness (QED) is 0.257. The summed E-state index contributed by atoms with van der Waals surface area (Å²) in [5.74, 6) is 6.00. The van der Waals surface area contributed by atoms with E-state index in [9.17, 15) is 4.79 Å². The van der Waals surface area contributed by atoms with E-state index in [-0.39, 0.29) is 11.9 Å². The van der Waals surface area contributed by atoms with Crippen LogP contribution in [0.1, 0.15) is 51.9 Å². The summed E-state index contributed by atoms with van der Waals surface area (Å²) < 4.78 is 0. The second-order valence-electron chi connectivity index (χ2n) is 5.56. The summed E-state index contributed by atoms with van der Waals surface area (Å²) in [5, 5.41) is 6.01. The van der Waals surface area contributed by atoms with Crippen LogP contribution in [-0.2, 0) is 4.79 Å². The molecule has 0 aromatic heterocycles. The van der Waals surface area contributed by atoms with Crippen molar-refractivity contribution >= 4 is 11.9 Å². The Labute approximate surface area is 114 Å². The first-order valence-corrected chi connectivity index (χ1v) is 7.30. The van der Waals surface area contributed by atoms with Crippen LogP contribution in [0, 0.1) is 0 Å². The van der Waals surface area contributed by atoms with Crippen molar-refractivity contribution in [1.82, 2.24) is 16.1 Å². The number of rotatable bonds is 4. The van der Waals surface area contributed by atoms with Gasteiger partial charge in [-0.25, -0.2) is 10.8 Å². The fraction of sp³-hybridized carbons (Fsp3) is 0.846. The molecular weight excluding hydrogens is 242 g/mol. The largest absolute Gasteiger partial charge is 0.352 e. The van der Waals surface area contributed by atoms with E-state index in [2.05, 4.69) is 21.1 Å². The molecule has 2 aliphatic rings. The molecule has 2 saturated carbocycles. The smallest absolute Gasteiger partial charge is 0.242 e. The van der Waals surface area contributed by atoms with Gasteiger partial charge in [-0.05, 0) is 32.6 Å². The van der Waals surface area contributed by atoms with Gasteiger partial charge in [-0.3, -0.25) is 10.2 Å². The van der Waals surface area contributed by atoms with Crippen LogP contribution >= 0.6 is 0 Å². The summed E-state index contributed by atoms with van der Waals surface area (Å²) in [4.78, 5) is 16.4. The highest BCUT2D eigenvalue weighted by molar-refractivity contribution is 5.88. The van der Waals surface area contributed by atoms with Crippen molar-refractivity contribution in [2.75, 3.05) is 0 Å². The SMILES string of the molecule is CC(NC(=NC1CCCCC1)NN)C(=O)NC1CC1. The molecular formula is C13H25N5O. The molecule has 2 aliphatic carbocycles. The molecule has 1 unspecified atom stereocenters. The Kier molecular flexibility index (Phi) is 5.01. The van der Waals surface area contributed by atoms with Crippen molar-refractivity contribution in [2.24, 2.45) is 10.8 Å². The van der Waals surface area contributed by atoms with Crippen LogP contribution in [-0.4, -0.2) is 30.0 Å². The van der Waals surface area contributed by atoms with Gasteiger partial charge in [0.1, 0.15) is 6.04 Å². The third-order valence-corrected chi connectivity index (χ3v) is 3.69. The molecule has 0 aliphatic heterocycles. The first kappa shape index (κ1) is 14.1. The molecule has 2 rings (SSSR count). The molecule has 0 spiro atoms. The Morgan fingerprint density at radius 1 is 1.21 bits per heavy atom. The fourth-order valence-corrected chi connectivity index (χ4v) is 2.33. The van der Waals surface area contributed by atoms with E-state index in [0.717, 1.165) is 25.7 Å².